The van der Waals surface area contributed by atoms with Gasteiger partial charge in [-0.15, -0.1) is 0 Å². The topological polar surface area (TPSA) is 26.3 Å². The van der Waals surface area contributed by atoms with Crippen LogP contribution in [0.5, 0.6) is 0 Å². The third-order valence-electron chi connectivity index (χ3n) is 3.54. The highest BCUT2D eigenvalue weighted by Crippen LogP contribution is 2.25. The van der Waals surface area contributed by atoms with Gasteiger partial charge in [-0.25, -0.2) is 4.79 Å². The number of esters is 1. The Morgan fingerprint density at radius 1 is 1.20 bits per heavy atom. The fourth-order valence-corrected chi connectivity index (χ4v) is 2.31. The van der Waals surface area contributed by atoms with E-state index in [0.717, 1.165) is 17.9 Å². The van der Waals surface area contributed by atoms with E-state index >= 15 is 0 Å². The van der Waals surface area contributed by atoms with E-state index in [0.29, 0.717) is 12.0 Å². The van der Waals surface area contributed by atoms with Crippen molar-refractivity contribution in [2.45, 2.75) is 80.1 Å². The molecular weight excluding hydrogens is 248 g/mol. The van der Waals surface area contributed by atoms with Crippen molar-refractivity contribution in [1.29, 1.82) is 0 Å². The van der Waals surface area contributed by atoms with Crippen molar-refractivity contribution in [2.75, 3.05) is 6.61 Å². The third kappa shape index (κ3) is 12.3. The summed E-state index contributed by atoms with van der Waals surface area (Å²) in [5.41, 5.74) is 1.59. The molecule has 0 fully saturated rings. The number of rotatable bonds is 9. The van der Waals surface area contributed by atoms with Crippen molar-refractivity contribution >= 4 is 5.97 Å². The lowest BCUT2D eigenvalue weighted by molar-refractivity contribution is -0.137. The smallest absolute Gasteiger partial charge is 0.330 e. The Labute approximate surface area is 126 Å². The average molecular weight is 282 g/mol. The number of carbonyl (C=O) groups is 1. The van der Waals surface area contributed by atoms with Gasteiger partial charge in [0.1, 0.15) is 0 Å². The van der Waals surface area contributed by atoms with E-state index in [2.05, 4.69) is 27.7 Å². The predicted molar refractivity (Wildman–Crippen MR) is 86.7 cm³/mol. The minimum atomic E-state index is -0.205. The lowest BCUT2D eigenvalue weighted by atomic mass is 9.87. The van der Waals surface area contributed by atoms with Crippen LogP contribution in [-0.4, -0.2) is 12.6 Å². The molecule has 0 aliphatic carbocycles. The van der Waals surface area contributed by atoms with Gasteiger partial charge >= 0.3 is 5.97 Å². The highest BCUT2D eigenvalue weighted by Gasteiger charge is 2.10. The van der Waals surface area contributed by atoms with E-state index in [-0.39, 0.29) is 5.97 Å². The van der Waals surface area contributed by atoms with Gasteiger partial charge in [-0.3, -0.25) is 0 Å². The van der Waals surface area contributed by atoms with Gasteiger partial charge in [0.05, 0.1) is 6.61 Å². The fraction of sp³-hybridized carbons (Fsp3) is 0.833. The predicted octanol–water partition coefficient (Wildman–Crippen LogP) is 5.52. The second-order valence-corrected chi connectivity index (χ2v) is 7.19. The van der Waals surface area contributed by atoms with Crippen LogP contribution >= 0.6 is 0 Å². The highest BCUT2D eigenvalue weighted by atomic mass is 16.5. The number of hydrogen-bond donors (Lipinski definition) is 0. The van der Waals surface area contributed by atoms with Crippen molar-refractivity contribution < 1.29 is 9.53 Å². The second-order valence-electron chi connectivity index (χ2n) is 7.19. The summed E-state index contributed by atoms with van der Waals surface area (Å²) in [6.07, 6.45) is 8.99. The summed E-state index contributed by atoms with van der Waals surface area (Å²) < 4.78 is 4.91. The minimum absolute atomic E-state index is 0.205. The van der Waals surface area contributed by atoms with Crippen LogP contribution < -0.4 is 0 Å². The van der Waals surface area contributed by atoms with Gasteiger partial charge in [0.15, 0.2) is 0 Å². The average Bonchev–Trinajstić information content (AvgIpc) is 2.27. The summed E-state index contributed by atoms with van der Waals surface area (Å²) in [7, 11) is 0. The Morgan fingerprint density at radius 2 is 1.80 bits per heavy atom. The van der Waals surface area contributed by atoms with Gasteiger partial charge in [-0.1, -0.05) is 52.5 Å². The molecule has 118 valence electrons. The molecular formula is C18H34O2. The summed E-state index contributed by atoms with van der Waals surface area (Å²) >= 11 is 0. The zero-order valence-corrected chi connectivity index (χ0v) is 14.4. The van der Waals surface area contributed by atoms with Crippen LogP contribution in [0, 0.1) is 11.3 Å². The van der Waals surface area contributed by atoms with Crippen LogP contribution in [0.3, 0.4) is 0 Å². The molecule has 1 atom stereocenters. The largest absolute Gasteiger partial charge is 0.463 e. The van der Waals surface area contributed by atoms with Crippen LogP contribution in [0.25, 0.3) is 0 Å². The number of hydrogen-bond acceptors (Lipinski definition) is 2. The van der Waals surface area contributed by atoms with E-state index in [9.17, 15) is 4.79 Å². The number of carbonyl (C=O) groups excluding carboxylic acids is 1. The highest BCUT2D eigenvalue weighted by molar-refractivity contribution is 5.82. The monoisotopic (exact) mass is 282 g/mol. The van der Waals surface area contributed by atoms with Crippen LogP contribution in [0.4, 0.5) is 0 Å². The molecule has 0 aromatic rings. The van der Waals surface area contributed by atoms with Crippen LogP contribution in [0.2, 0.25) is 0 Å². The van der Waals surface area contributed by atoms with Crippen molar-refractivity contribution in [1.82, 2.24) is 0 Å². The molecule has 0 aromatic carbocycles. The molecule has 2 heteroatoms. The van der Waals surface area contributed by atoms with Gasteiger partial charge in [0.25, 0.3) is 0 Å². The lowest BCUT2D eigenvalue weighted by Gasteiger charge is -2.19. The molecule has 0 N–H and O–H groups in total. The molecule has 0 aromatic heterocycles. The van der Waals surface area contributed by atoms with E-state index in [1.807, 2.05) is 13.8 Å². The van der Waals surface area contributed by atoms with Gasteiger partial charge < -0.3 is 4.74 Å². The van der Waals surface area contributed by atoms with Crippen LogP contribution in [0.15, 0.2) is 11.6 Å². The Bertz CT molecular complexity index is 297. The van der Waals surface area contributed by atoms with Crippen molar-refractivity contribution in [3.8, 4) is 0 Å². The Morgan fingerprint density at radius 3 is 2.35 bits per heavy atom. The standard InChI is InChI=1S/C18H34O2/c1-7-20-17(19)14-16(3)11-8-10-15(2)12-9-13-18(4,5)6/h14-15H,7-13H2,1-6H3. The first-order valence-electron chi connectivity index (χ1n) is 8.08. The SMILES string of the molecule is CCOC(=O)C=C(C)CCCC(C)CCCC(C)(C)C. The molecule has 0 rings (SSSR count). The summed E-state index contributed by atoms with van der Waals surface area (Å²) in [5.74, 6) is 0.580. The van der Waals surface area contributed by atoms with Crippen molar-refractivity contribution in [2.24, 2.45) is 11.3 Å². The van der Waals surface area contributed by atoms with E-state index < -0.39 is 0 Å². The molecule has 0 radical (unpaired) electrons. The second kappa shape index (κ2) is 10.0. The molecule has 0 aliphatic heterocycles. The van der Waals surface area contributed by atoms with Gasteiger partial charge in [-0.2, -0.15) is 0 Å². The molecule has 1 unspecified atom stereocenters. The zero-order valence-electron chi connectivity index (χ0n) is 14.4. The Hall–Kier alpha value is -0.790. The van der Waals surface area contributed by atoms with Crippen molar-refractivity contribution in [3.05, 3.63) is 11.6 Å². The first-order chi connectivity index (χ1) is 9.24. The molecule has 0 saturated carbocycles. The van der Waals surface area contributed by atoms with Crippen molar-refractivity contribution in [3.63, 3.8) is 0 Å². The lowest BCUT2D eigenvalue weighted by Crippen LogP contribution is -2.05. The molecule has 0 amide bonds. The number of ether oxygens (including phenoxy) is 1. The molecule has 0 aliphatic rings. The van der Waals surface area contributed by atoms with Crippen LogP contribution in [0.1, 0.15) is 80.1 Å². The molecule has 0 saturated heterocycles. The summed E-state index contributed by atoms with van der Waals surface area (Å²) in [6.45, 7) is 13.6. The van der Waals surface area contributed by atoms with Gasteiger partial charge in [-0.05, 0) is 44.4 Å². The molecule has 0 heterocycles. The molecule has 0 spiro atoms. The maximum atomic E-state index is 11.3. The third-order valence-corrected chi connectivity index (χ3v) is 3.54. The van der Waals surface area contributed by atoms with Crippen LogP contribution in [-0.2, 0) is 9.53 Å². The van der Waals surface area contributed by atoms with Gasteiger partial charge in [0.2, 0.25) is 0 Å². The van der Waals surface area contributed by atoms with Gasteiger partial charge in [0, 0.05) is 6.08 Å². The summed E-state index contributed by atoms with van der Waals surface area (Å²) in [5, 5.41) is 0. The normalized spacial score (nSPS) is 14.2. The maximum absolute atomic E-state index is 11.3. The molecule has 2 nitrogen and oxygen atoms in total. The first kappa shape index (κ1) is 19.2. The summed E-state index contributed by atoms with van der Waals surface area (Å²) in [4.78, 5) is 11.3. The Balaban J connectivity index is 3.75. The van der Waals surface area contributed by atoms with E-state index in [1.165, 1.54) is 32.1 Å². The van der Waals surface area contributed by atoms with E-state index in [4.69, 9.17) is 4.74 Å². The fourth-order valence-electron chi connectivity index (χ4n) is 2.31. The molecule has 0 bridgehead atoms. The zero-order chi connectivity index (χ0) is 15.6. The number of allylic oxidation sites excluding steroid dienone is 1. The summed E-state index contributed by atoms with van der Waals surface area (Å²) in [6, 6.07) is 0. The first-order valence-corrected chi connectivity index (χ1v) is 8.08. The molecule has 20 heavy (non-hydrogen) atoms. The maximum Gasteiger partial charge on any atom is 0.330 e. The Kier molecular flexibility index (Phi) is 9.62. The quantitative estimate of drug-likeness (QED) is 0.411. The minimum Gasteiger partial charge on any atom is -0.463 e. The van der Waals surface area contributed by atoms with E-state index in [1.54, 1.807) is 6.08 Å².